The third kappa shape index (κ3) is 6.72. The second-order valence-corrected chi connectivity index (χ2v) is 5.78. The Morgan fingerprint density at radius 3 is 2.69 bits per heavy atom. The van der Waals surface area contributed by atoms with Gasteiger partial charge in [-0.1, -0.05) is 6.07 Å². The van der Waals surface area contributed by atoms with E-state index in [-0.39, 0.29) is 43.8 Å². The molecule has 2 N–H and O–H groups in total. The molecule has 1 amide bonds. The van der Waals surface area contributed by atoms with Gasteiger partial charge in [0.15, 0.2) is 0 Å². The van der Waals surface area contributed by atoms with E-state index in [4.69, 9.17) is 9.84 Å². The molecule has 146 valence electrons. The summed E-state index contributed by atoms with van der Waals surface area (Å²) in [5, 5.41) is 11.5. The predicted octanol–water partition coefficient (Wildman–Crippen LogP) is 2.03. The fraction of sp³-hybridized carbons (Fsp3) is 0.500. The Kier molecular flexibility index (Phi) is 8.16. The molecule has 0 aliphatic carbocycles. The Hall–Kier alpha value is -2.00. The highest BCUT2D eigenvalue weighted by Gasteiger charge is 2.30. The SMILES string of the molecule is Cl.O=C(CN1CCC(C(=O)O)C1)NCCOc1cccc(C(F)(F)F)c1. The largest absolute Gasteiger partial charge is 0.492 e. The molecule has 0 spiro atoms. The molecular weight excluding hydrogens is 377 g/mol. The number of nitrogens with one attached hydrogen (secondary N) is 1. The molecule has 2 rings (SSSR count). The Bertz CT molecular complexity index is 628. The number of carboxylic acid groups (broad SMARTS) is 1. The van der Waals surface area contributed by atoms with E-state index < -0.39 is 23.6 Å². The molecule has 0 radical (unpaired) electrons. The molecule has 1 heterocycles. The summed E-state index contributed by atoms with van der Waals surface area (Å²) in [5.74, 6) is -1.51. The summed E-state index contributed by atoms with van der Waals surface area (Å²) in [6.45, 7) is 1.15. The van der Waals surface area contributed by atoms with Crippen molar-refractivity contribution in [2.75, 3.05) is 32.8 Å². The zero-order chi connectivity index (χ0) is 18.4. The minimum absolute atomic E-state index is 0. The summed E-state index contributed by atoms with van der Waals surface area (Å²) in [7, 11) is 0. The molecule has 0 saturated carbocycles. The van der Waals surface area contributed by atoms with Crippen molar-refractivity contribution in [3.63, 3.8) is 0 Å². The van der Waals surface area contributed by atoms with Crippen molar-refractivity contribution >= 4 is 24.3 Å². The number of likely N-dealkylation sites (tertiary alicyclic amines) is 1. The van der Waals surface area contributed by atoms with Gasteiger partial charge in [0.05, 0.1) is 24.6 Å². The van der Waals surface area contributed by atoms with Crippen LogP contribution >= 0.6 is 12.4 Å². The molecule has 6 nitrogen and oxygen atoms in total. The second-order valence-electron chi connectivity index (χ2n) is 5.78. The van der Waals surface area contributed by atoms with Gasteiger partial charge in [-0.15, -0.1) is 12.4 Å². The van der Waals surface area contributed by atoms with E-state index >= 15 is 0 Å². The molecule has 0 bridgehead atoms. The van der Waals surface area contributed by atoms with Crippen molar-refractivity contribution in [1.82, 2.24) is 10.2 Å². The summed E-state index contributed by atoms with van der Waals surface area (Å²) >= 11 is 0. The highest BCUT2D eigenvalue weighted by atomic mass is 35.5. The Morgan fingerprint density at radius 2 is 2.08 bits per heavy atom. The van der Waals surface area contributed by atoms with Crippen LogP contribution in [0.15, 0.2) is 24.3 Å². The summed E-state index contributed by atoms with van der Waals surface area (Å²) in [5.41, 5.74) is -0.795. The lowest BCUT2D eigenvalue weighted by Gasteiger charge is -2.15. The number of nitrogens with zero attached hydrogens (tertiary/aromatic N) is 1. The fourth-order valence-electron chi connectivity index (χ4n) is 2.56. The topological polar surface area (TPSA) is 78.9 Å². The van der Waals surface area contributed by atoms with Gasteiger partial charge in [0, 0.05) is 6.54 Å². The van der Waals surface area contributed by atoms with Gasteiger partial charge in [0.25, 0.3) is 0 Å². The zero-order valence-electron chi connectivity index (χ0n) is 13.8. The van der Waals surface area contributed by atoms with Gasteiger partial charge in [-0.2, -0.15) is 13.2 Å². The number of hydrogen-bond acceptors (Lipinski definition) is 4. The van der Waals surface area contributed by atoms with Gasteiger partial charge in [-0.3, -0.25) is 14.5 Å². The van der Waals surface area contributed by atoms with Gasteiger partial charge >= 0.3 is 12.1 Å². The number of amides is 1. The molecular formula is C16H20ClF3N2O4. The molecule has 1 saturated heterocycles. The maximum atomic E-state index is 12.6. The van der Waals surface area contributed by atoms with Crippen LogP contribution < -0.4 is 10.1 Å². The van der Waals surface area contributed by atoms with Crippen LogP contribution in [0.4, 0.5) is 13.2 Å². The first kappa shape index (κ1) is 22.0. The average Bonchev–Trinajstić information content (AvgIpc) is 3.00. The van der Waals surface area contributed by atoms with Gasteiger partial charge in [0.1, 0.15) is 12.4 Å². The third-order valence-corrected chi connectivity index (χ3v) is 3.84. The van der Waals surface area contributed by atoms with Crippen LogP contribution in [0.25, 0.3) is 0 Å². The molecule has 1 atom stereocenters. The van der Waals surface area contributed by atoms with E-state index in [1.54, 1.807) is 4.90 Å². The lowest BCUT2D eigenvalue weighted by atomic mass is 10.1. The monoisotopic (exact) mass is 396 g/mol. The standard InChI is InChI=1S/C16H19F3N2O4.ClH/c17-16(18,19)12-2-1-3-13(8-12)25-7-5-20-14(22)10-21-6-4-11(9-21)15(23)24;/h1-3,8,11H,4-7,9-10H2,(H,20,22)(H,23,24);1H. The summed E-state index contributed by atoms with van der Waals surface area (Å²) in [6.07, 6.45) is -3.92. The minimum atomic E-state index is -4.43. The van der Waals surface area contributed by atoms with Crippen LogP contribution in [0.3, 0.4) is 0 Å². The number of halogens is 4. The van der Waals surface area contributed by atoms with Gasteiger partial charge < -0.3 is 15.2 Å². The van der Waals surface area contributed by atoms with Crippen LogP contribution in [0.1, 0.15) is 12.0 Å². The van der Waals surface area contributed by atoms with Crippen LogP contribution in [0.2, 0.25) is 0 Å². The van der Waals surface area contributed by atoms with E-state index in [1.165, 1.54) is 12.1 Å². The summed E-state index contributed by atoms with van der Waals surface area (Å²) in [6, 6.07) is 4.52. The number of carboxylic acids is 1. The highest BCUT2D eigenvalue weighted by Crippen LogP contribution is 2.31. The van der Waals surface area contributed by atoms with E-state index in [0.717, 1.165) is 12.1 Å². The molecule has 1 aliphatic heterocycles. The fourth-order valence-corrected chi connectivity index (χ4v) is 2.56. The molecule has 1 fully saturated rings. The number of ether oxygens (including phenoxy) is 1. The summed E-state index contributed by atoms with van der Waals surface area (Å²) in [4.78, 5) is 24.4. The maximum Gasteiger partial charge on any atom is 0.416 e. The van der Waals surface area contributed by atoms with Crippen molar-refractivity contribution in [2.24, 2.45) is 5.92 Å². The number of aliphatic carboxylic acids is 1. The van der Waals surface area contributed by atoms with Crippen molar-refractivity contribution in [3.05, 3.63) is 29.8 Å². The quantitative estimate of drug-likeness (QED) is 0.689. The molecule has 1 unspecified atom stereocenters. The molecule has 10 heteroatoms. The van der Waals surface area contributed by atoms with E-state index in [9.17, 15) is 22.8 Å². The summed E-state index contributed by atoms with van der Waals surface area (Å²) < 4.78 is 42.9. The first-order chi connectivity index (χ1) is 11.8. The molecule has 1 aromatic carbocycles. The minimum Gasteiger partial charge on any atom is -0.492 e. The van der Waals surface area contributed by atoms with E-state index in [0.29, 0.717) is 19.5 Å². The van der Waals surface area contributed by atoms with Crippen LogP contribution in [-0.2, 0) is 15.8 Å². The lowest BCUT2D eigenvalue weighted by Crippen LogP contribution is -2.38. The zero-order valence-corrected chi connectivity index (χ0v) is 14.6. The third-order valence-electron chi connectivity index (χ3n) is 3.84. The number of benzene rings is 1. The first-order valence-electron chi connectivity index (χ1n) is 7.77. The molecule has 1 aromatic rings. The number of alkyl halides is 3. The van der Waals surface area contributed by atoms with Gasteiger partial charge in [-0.05, 0) is 31.2 Å². The number of carbonyl (C=O) groups excluding carboxylic acids is 1. The van der Waals surface area contributed by atoms with Crippen molar-refractivity contribution in [2.45, 2.75) is 12.6 Å². The van der Waals surface area contributed by atoms with Crippen molar-refractivity contribution in [3.8, 4) is 5.75 Å². The number of hydrogen-bond donors (Lipinski definition) is 2. The van der Waals surface area contributed by atoms with E-state index in [2.05, 4.69) is 5.32 Å². The Morgan fingerprint density at radius 1 is 1.35 bits per heavy atom. The Labute approximate surface area is 154 Å². The first-order valence-corrected chi connectivity index (χ1v) is 7.77. The Balaban J connectivity index is 0.00000338. The highest BCUT2D eigenvalue weighted by molar-refractivity contribution is 5.85. The molecule has 1 aliphatic rings. The van der Waals surface area contributed by atoms with Crippen molar-refractivity contribution < 1.29 is 32.6 Å². The van der Waals surface area contributed by atoms with Gasteiger partial charge in [-0.25, -0.2) is 0 Å². The molecule has 0 aromatic heterocycles. The van der Waals surface area contributed by atoms with Crippen molar-refractivity contribution in [1.29, 1.82) is 0 Å². The smallest absolute Gasteiger partial charge is 0.416 e. The molecule has 26 heavy (non-hydrogen) atoms. The van der Waals surface area contributed by atoms with Crippen LogP contribution in [0, 0.1) is 5.92 Å². The van der Waals surface area contributed by atoms with Crippen LogP contribution in [0.5, 0.6) is 5.75 Å². The number of carbonyl (C=O) groups is 2. The van der Waals surface area contributed by atoms with Gasteiger partial charge in [0.2, 0.25) is 5.91 Å². The lowest BCUT2D eigenvalue weighted by molar-refractivity contribution is -0.141. The normalized spacial score (nSPS) is 17.4. The average molecular weight is 397 g/mol. The number of rotatable bonds is 7. The predicted molar refractivity (Wildman–Crippen MR) is 89.4 cm³/mol. The second kappa shape index (κ2) is 9.63. The maximum absolute atomic E-state index is 12.6. The van der Waals surface area contributed by atoms with Crippen LogP contribution in [-0.4, -0.2) is 54.7 Å². The van der Waals surface area contributed by atoms with E-state index in [1.807, 2.05) is 0 Å².